The van der Waals surface area contributed by atoms with Crippen molar-refractivity contribution >= 4 is 5.97 Å². The molecule has 104 valence electrons. The van der Waals surface area contributed by atoms with E-state index in [1.165, 1.54) is 12.8 Å². The molecule has 2 rings (SSSR count). The van der Waals surface area contributed by atoms with Gasteiger partial charge in [-0.15, -0.1) is 0 Å². The topological polar surface area (TPSA) is 26.3 Å². The first kappa shape index (κ1) is 14.2. The zero-order valence-electron chi connectivity index (χ0n) is 12.6. The Balaban J connectivity index is 1.95. The van der Waals surface area contributed by atoms with E-state index in [0.717, 1.165) is 5.92 Å². The Kier molecular flexibility index (Phi) is 3.51. The standard InChI is InChI=1S/C17H24O2/c1-16(2,3)15(18)19-17(4,5)11-10-14-12-8-6-7-9-13(12)14/h6,8,12-14H,7,9H2,1-5H3/t12-,13+,14+/m0/s1. The van der Waals surface area contributed by atoms with Crippen molar-refractivity contribution in [1.82, 2.24) is 0 Å². The predicted octanol–water partition coefficient (Wildman–Crippen LogP) is 3.57. The Hall–Kier alpha value is -1.23. The maximum absolute atomic E-state index is 11.9. The number of carbonyl (C=O) groups is 1. The van der Waals surface area contributed by atoms with Crippen molar-refractivity contribution in [2.75, 3.05) is 0 Å². The number of hydrogen-bond acceptors (Lipinski definition) is 2. The van der Waals surface area contributed by atoms with Crippen LogP contribution in [0.1, 0.15) is 47.5 Å². The molecule has 0 saturated heterocycles. The predicted molar refractivity (Wildman–Crippen MR) is 76.2 cm³/mol. The van der Waals surface area contributed by atoms with Gasteiger partial charge in [0.2, 0.25) is 0 Å². The highest BCUT2D eigenvalue weighted by atomic mass is 16.6. The van der Waals surface area contributed by atoms with E-state index in [1.54, 1.807) is 0 Å². The summed E-state index contributed by atoms with van der Waals surface area (Å²) in [6.45, 7) is 9.31. The molecule has 2 heteroatoms. The maximum Gasteiger partial charge on any atom is 0.312 e. The van der Waals surface area contributed by atoms with Crippen LogP contribution < -0.4 is 0 Å². The Morgan fingerprint density at radius 2 is 1.95 bits per heavy atom. The number of ether oxygens (including phenoxy) is 1. The highest BCUT2D eigenvalue weighted by Gasteiger charge is 2.48. The van der Waals surface area contributed by atoms with Crippen LogP contribution in [0.5, 0.6) is 0 Å². The molecule has 0 aromatic heterocycles. The molecule has 0 amide bonds. The minimum atomic E-state index is -0.695. The molecule has 0 heterocycles. The van der Waals surface area contributed by atoms with Crippen LogP contribution in [0.25, 0.3) is 0 Å². The lowest BCUT2D eigenvalue weighted by atomic mass is 9.97. The van der Waals surface area contributed by atoms with Gasteiger partial charge in [-0.1, -0.05) is 24.0 Å². The van der Waals surface area contributed by atoms with Gasteiger partial charge in [-0.2, -0.15) is 0 Å². The molecule has 0 aromatic carbocycles. The van der Waals surface area contributed by atoms with E-state index in [1.807, 2.05) is 34.6 Å². The first-order valence-electron chi connectivity index (χ1n) is 7.13. The van der Waals surface area contributed by atoms with Crippen LogP contribution in [0.2, 0.25) is 0 Å². The van der Waals surface area contributed by atoms with Gasteiger partial charge >= 0.3 is 5.97 Å². The molecule has 3 atom stereocenters. The van der Waals surface area contributed by atoms with Gasteiger partial charge < -0.3 is 4.74 Å². The van der Waals surface area contributed by atoms with Gasteiger partial charge in [-0.05, 0) is 59.3 Å². The van der Waals surface area contributed by atoms with Gasteiger partial charge in [0, 0.05) is 5.92 Å². The molecule has 0 aliphatic heterocycles. The molecule has 0 spiro atoms. The molecular formula is C17H24O2. The molecule has 1 fully saturated rings. The third-order valence-electron chi connectivity index (χ3n) is 3.75. The van der Waals surface area contributed by atoms with Crippen molar-refractivity contribution in [2.45, 2.75) is 53.1 Å². The Labute approximate surface area is 116 Å². The fourth-order valence-electron chi connectivity index (χ4n) is 2.45. The lowest BCUT2D eigenvalue weighted by Crippen LogP contribution is -2.33. The van der Waals surface area contributed by atoms with Gasteiger partial charge in [-0.3, -0.25) is 4.79 Å². The van der Waals surface area contributed by atoms with E-state index in [2.05, 4.69) is 24.0 Å². The minimum absolute atomic E-state index is 0.195. The van der Waals surface area contributed by atoms with E-state index in [-0.39, 0.29) is 5.97 Å². The van der Waals surface area contributed by atoms with Crippen molar-refractivity contribution in [3.63, 3.8) is 0 Å². The highest BCUT2D eigenvalue weighted by molar-refractivity contribution is 5.76. The normalized spacial score (nSPS) is 29.0. The molecule has 2 aliphatic rings. The van der Waals surface area contributed by atoms with Crippen LogP contribution >= 0.6 is 0 Å². The monoisotopic (exact) mass is 260 g/mol. The molecule has 0 N–H and O–H groups in total. The van der Waals surface area contributed by atoms with Gasteiger partial charge in [0.05, 0.1) is 5.41 Å². The molecular weight excluding hydrogens is 236 g/mol. The van der Waals surface area contributed by atoms with E-state index >= 15 is 0 Å². The van der Waals surface area contributed by atoms with Gasteiger partial charge in [0.1, 0.15) is 0 Å². The smallest absolute Gasteiger partial charge is 0.312 e. The van der Waals surface area contributed by atoms with Crippen molar-refractivity contribution in [1.29, 1.82) is 0 Å². The Bertz CT molecular complexity index is 454. The zero-order chi connectivity index (χ0) is 14.3. The number of esters is 1. The van der Waals surface area contributed by atoms with E-state index in [9.17, 15) is 4.79 Å². The van der Waals surface area contributed by atoms with Crippen LogP contribution in [0.4, 0.5) is 0 Å². The number of fused-ring (bicyclic) bond motifs is 1. The molecule has 2 nitrogen and oxygen atoms in total. The summed E-state index contributed by atoms with van der Waals surface area (Å²) < 4.78 is 5.50. The average molecular weight is 260 g/mol. The van der Waals surface area contributed by atoms with Crippen LogP contribution in [-0.4, -0.2) is 11.6 Å². The first-order chi connectivity index (χ1) is 8.71. The van der Waals surface area contributed by atoms with Crippen molar-refractivity contribution < 1.29 is 9.53 Å². The van der Waals surface area contributed by atoms with E-state index in [4.69, 9.17) is 4.74 Å². The summed E-state index contributed by atoms with van der Waals surface area (Å²) >= 11 is 0. The minimum Gasteiger partial charge on any atom is -0.446 e. The van der Waals surface area contributed by atoms with Crippen LogP contribution in [0.15, 0.2) is 12.2 Å². The number of carbonyl (C=O) groups excluding carboxylic acids is 1. The van der Waals surface area contributed by atoms with Gasteiger partial charge in [0.15, 0.2) is 5.60 Å². The van der Waals surface area contributed by atoms with Gasteiger partial charge in [-0.25, -0.2) is 0 Å². The quantitative estimate of drug-likeness (QED) is 0.409. The molecule has 0 bridgehead atoms. The third kappa shape index (κ3) is 3.41. The fourth-order valence-corrected chi connectivity index (χ4v) is 2.45. The van der Waals surface area contributed by atoms with E-state index < -0.39 is 11.0 Å². The lowest BCUT2D eigenvalue weighted by molar-refractivity contribution is -0.161. The number of hydrogen-bond donors (Lipinski definition) is 0. The summed E-state index contributed by atoms with van der Waals surface area (Å²) in [5.41, 5.74) is -1.17. The molecule has 0 aromatic rings. The second-order valence-electron chi connectivity index (χ2n) is 7.19. The summed E-state index contributed by atoms with van der Waals surface area (Å²) in [7, 11) is 0. The highest BCUT2D eigenvalue weighted by Crippen LogP contribution is 2.52. The Morgan fingerprint density at radius 3 is 2.47 bits per heavy atom. The molecule has 19 heavy (non-hydrogen) atoms. The van der Waals surface area contributed by atoms with Gasteiger partial charge in [0.25, 0.3) is 0 Å². The van der Waals surface area contributed by atoms with Crippen molar-refractivity contribution in [3.05, 3.63) is 12.2 Å². The lowest BCUT2D eigenvalue weighted by Gasteiger charge is -2.24. The van der Waals surface area contributed by atoms with Crippen LogP contribution in [-0.2, 0) is 9.53 Å². The molecule has 1 saturated carbocycles. The third-order valence-corrected chi connectivity index (χ3v) is 3.75. The zero-order valence-corrected chi connectivity index (χ0v) is 12.6. The Morgan fingerprint density at radius 1 is 1.26 bits per heavy atom. The number of rotatable bonds is 1. The maximum atomic E-state index is 11.9. The van der Waals surface area contributed by atoms with Crippen molar-refractivity contribution in [3.8, 4) is 11.8 Å². The van der Waals surface area contributed by atoms with Crippen LogP contribution in [0, 0.1) is 35.0 Å². The second-order valence-corrected chi connectivity index (χ2v) is 7.19. The second kappa shape index (κ2) is 4.71. The molecule has 0 radical (unpaired) electrons. The first-order valence-corrected chi connectivity index (χ1v) is 7.13. The largest absolute Gasteiger partial charge is 0.446 e. The van der Waals surface area contributed by atoms with Crippen LogP contribution in [0.3, 0.4) is 0 Å². The average Bonchev–Trinajstić information content (AvgIpc) is 2.98. The summed E-state index contributed by atoms with van der Waals surface area (Å²) in [6.07, 6.45) is 6.99. The fraction of sp³-hybridized carbons (Fsp3) is 0.706. The SMILES string of the molecule is CC(C)(C#C[C@@H]1[C@H]2C=CCC[C@@H]12)OC(=O)C(C)(C)C. The van der Waals surface area contributed by atoms with E-state index in [0.29, 0.717) is 11.8 Å². The number of allylic oxidation sites excluding steroid dienone is 2. The molecule has 2 aliphatic carbocycles. The summed E-state index contributed by atoms with van der Waals surface area (Å²) in [4.78, 5) is 11.9. The summed E-state index contributed by atoms with van der Waals surface area (Å²) in [5, 5.41) is 0. The van der Waals surface area contributed by atoms with Crippen molar-refractivity contribution in [2.24, 2.45) is 23.2 Å². The molecule has 0 unspecified atom stereocenters. The summed E-state index contributed by atoms with van der Waals surface area (Å²) in [6, 6.07) is 0. The summed E-state index contributed by atoms with van der Waals surface area (Å²) in [5.74, 6) is 8.14.